The third-order valence-electron chi connectivity index (χ3n) is 5.10. The fourth-order valence-corrected chi connectivity index (χ4v) is 5.82. The van der Waals surface area contributed by atoms with Gasteiger partial charge in [-0.2, -0.15) is 4.31 Å². The highest BCUT2D eigenvalue weighted by atomic mass is 32.2. The molecule has 1 aliphatic carbocycles. The van der Waals surface area contributed by atoms with Crippen molar-refractivity contribution in [1.29, 1.82) is 0 Å². The molecule has 1 atom stereocenters. The Morgan fingerprint density at radius 2 is 1.73 bits per heavy atom. The number of sulfonamides is 1. The van der Waals surface area contributed by atoms with E-state index in [-0.39, 0.29) is 11.4 Å². The molecule has 22 heavy (non-hydrogen) atoms. The first-order valence-electron chi connectivity index (χ1n) is 8.12. The summed E-state index contributed by atoms with van der Waals surface area (Å²) in [4.78, 5) is 15.8. The van der Waals surface area contributed by atoms with Crippen molar-refractivity contribution in [2.45, 2.75) is 49.8 Å². The highest BCUT2D eigenvalue weighted by molar-refractivity contribution is 7.90. The molecule has 0 radical (unpaired) electrons. The van der Waals surface area contributed by atoms with E-state index in [2.05, 4.69) is 11.9 Å². The van der Waals surface area contributed by atoms with Crippen LogP contribution in [-0.2, 0) is 14.8 Å². The third kappa shape index (κ3) is 3.16. The van der Waals surface area contributed by atoms with Gasteiger partial charge in [-0.25, -0.2) is 8.42 Å². The molecular weight excluding hydrogens is 302 g/mol. The number of carbonyl (C=O) groups excluding carboxylic acids is 1. The van der Waals surface area contributed by atoms with Crippen LogP contribution in [0.3, 0.4) is 0 Å². The van der Waals surface area contributed by atoms with Gasteiger partial charge in [-0.1, -0.05) is 19.3 Å². The van der Waals surface area contributed by atoms with E-state index in [0.717, 1.165) is 38.8 Å². The van der Waals surface area contributed by atoms with E-state index in [9.17, 15) is 13.2 Å². The Morgan fingerprint density at radius 3 is 2.27 bits per heavy atom. The normalized spacial score (nSPS) is 25.1. The van der Waals surface area contributed by atoms with Crippen molar-refractivity contribution in [2.24, 2.45) is 0 Å². The molecule has 2 fully saturated rings. The molecule has 1 saturated carbocycles. The lowest BCUT2D eigenvalue weighted by Crippen LogP contribution is -2.65. The SMILES string of the molecule is C[C@@H](C(=O)N(C)C)S(=O)(=O)N1CCN(C)CC12CCCCC2. The summed E-state index contributed by atoms with van der Waals surface area (Å²) >= 11 is 0. The van der Waals surface area contributed by atoms with Crippen LogP contribution in [0.2, 0.25) is 0 Å². The molecular formula is C15H29N3O3S. The molecule has 0 aromatic carbocycles. The maximum atomic E-state index is 13.1. The molecule has 0 aromatic rings. The second kappa shape index (κ2) is 6.45. The molecule has 2 aliphatic rings. The predicted molar refractivity (Wildman–Crippen MR) is 87.1 cm³/mol. The topological polar surface area (TPSA) is 60.9 Å². The molecule has 1 heterocycles. The quantitative estimate of drug-likeness (QED) is 0.765. The smallest absolute Gasteiger partial charge is 0.241 e. The summed E-state index contributed by atoms with van der Waals surface area (Å²) in [6.07, 6.45) is 5.11. The second-order valence-electron chi connectivity index (χ2n) is 7.01. The van der Waals surface area contributed by atoms with Crippen molar-refractivity contribution in [3.05, 3.63) is 0 Å². The number of hydrogen-bond acceptors (Lipinski definition) is 4. The highest BCUT2D eigenvalue weighted by Gasteiger charge is 2.49. The predicted octanol–water partition coefficient (Wildman–Crippen LogP) is 0.743. The highest BCUT2D eigenvalue weighted by Crippen LogP contribution is 2.38. The minimum absolute atomic E-state index is 0.315. The summed E-state index contributed by atoms with van der Waals surface area (Å²) in [5.74, 6) is -0.343. The lowest BCUT2D eigenvalue weighted by atomic mass is 9.80. The van der Waals surface area contributed by atoms with E-state index >= 15 is 0 Å². The average Bonchev–Trinajstić information content (AvgIpc) is 2.45. The monoisotopic (exact) mass is 331 g/mol. The minimum Gasteiger partial charge on any atom is -0.348 e. The molecule has 0 unspecified atom stereocenters. The summed E-state index contributed by atoms with van der Waals surface area (Å²) in [5.41, 5.74) is -0.315. The van der Waals surface area contributed by atoms with E-state index in [1.807, 2.05) is 0 Å². The number of likely N-dealkylation sites (N-methyl/N-ethyl adjacent to an activating group) is 1. The maximum Gasteiger partial charge on any atom is 0.241 e. The first-order valence-corrected chi connectivity index (χ1v) is 9.62. The lowest BCUT2D eigenvalue weighted by molar-refractivity contribution is -0.128. The van der Waals surface area contributed by atoms with Crippen LogP contribution in [0, 0.1) is 0 Å². The minimum atomic E-state index is -3.62. The molecule has 2 rings (SSSR count). The maximum absolute atomic E-state index is 13.1. The Hall–Kier alpha value is -0.660. The second-order valence-corrected chi connectivity index (χ2v) is 9.19. The van der Waals surface area contributed by atoms with Gasteiger partial charge in [0, 0.05) is 39.3 Å². The number of rotatable bonds is 3. The lowest BCUT2D eigenvalue weighted by Gasteiger charge is -2.51. The zero-order chi connectivity index (χ0) is 16.5. The van der Waals surface area contributed by atoms with Crippen molar-refractivity contribution in [3.8, 4) is 0 Å². The molecule has 6 nitrogen and oxygen atoms in total. The number of nitrogens with zero attached hydrogens (tertiary/aromatic N) is 3. The van der Waals surface area contributed by atoms with Gasteiger partial charge in [0.1, 0.15) is 0 Å². The zero-order valence-corrected chi connectivity index (χ0v) is 15.0. The number of hydrogen-bond donors (Lipinski definition) is 0. The van der Waals surface area contributed by atoms with Crippen LogP contribution >= 0.6 is 0 Å². The van der Waals surface area contributed by atoms with Gasteiger partial charge in [-0.15, -0.1) is 0 Å². The summed E-state index contributed by atoms with van der Waals surface area (Å²) < 4.78 is 27.8. The molecule has 0 bridgehead atoms. The molecule has 1 saturated heterocycles. The van der Waals surface area contributed by atoms with Crippen LogP contribution in [-0.4, -0.2) is 80.0 Å². The zero-order valence-electron chi connectivity index (χ0n) is 14.2. The molecule has 0 N–H and O–H groups in total. The first-order chi connectivity index (χ1) is 10.2. The van der Waals surface area contributed by atoms with Crippen molar-refractivity contribution in [2.75, 3.05) is 40.8 Å². The van der Waals surface area contributed by atoms with Gasteiger partial charge in [-0.3, -0.25) is 4.79 Å². The summed E-state index contributed by atoms with van der Waals surface area (Å²) in [5, 5.41) is -1.01. The first kappa shape index (κ1) is 17.7. The van der Waals surface area contributed by atoms with Crippen molar-refractivity contribution >= 4 is 15.9 Å². The molecule has 7 heteroatoms. The fraction of sp³-hybridized carbons (Fsp3) is 0.933. The van der Waals surface area contributed by atoms with Crippen LogP contribution in [0.1, 0.15) is 39.0 Å². The summed E-state index contributed by atoms with van der Waals surface area (Å²) in [7, 11) is 1.64. The van der Waals surface area contributed by atoms with Crippen LogP contribution < -0.4 is 0 Å². The van der Waals surface area contributed by atoms with Crippen LogP contribution in [0.4, 0.5) is 0 Å². The van der Waals surface area contributed by atoms with Gasteiger partial charge in [0.05, 0.1) is 0 Å². The average molecular weight is 331 g/mol. The standard InChI is InChI=1S/C15H29N3O3S/c1-13(14(19)16(2)3)22(20,21)18-11-10-17(4)12-15(18)8-6-5-7-9-15/h13H,5-12H2,1-4H3/t13-/m0/s1. The van der Waals surface area contributed by atoms with E-state index in [1.54, 1.807) is 18.4 Å². The largest absolute Gasteiger partial charge is 0.348 e. The van der Waals surface area contributed by atoms with Gasteiger partial charge in [-0.05, 0) is 26.8 Å². The van der Waals surface area contributed by atoms with Gasteiger partial charge in [0.15, 0.2) is 5.25 Å². The van der Waals surface area contributed by atoms with E-state index in [4.69, 9.17) is 0 Å². The van der Waals surface area contributed by atoms with E-state index in [1.165, 1.54) is 18.2 Å². The Morgan fingerprint density at radius 1 is 1.14 bits per heavy atom. The van der Waals surface area contributed by atoms with Gasteiger partial charge in [0.2, 0.25) is 15.9 Å². The number of carbonyl (C=O) groups is 1. The Kier molecular flexibility index (Phi) is 5.19. The van der Waals surface area contributed by atoms with Crippen LogP contribution in [0.5, 0.6) is 0 Å². The number of amides is 1. The van der Waals surface area contributed by atoms with Crippen molar-refractivity contribution in [3.63, 3.8) is 0 Å². The van der Waals surface area contributed by atoms with Gasteiger partial charge < -0.3 is 9.80 Å². The third-order valence-corrected chi connectivity index (χ3v) is 7.38. The molecule has 1 amide bonds. The fourth-order valence-electron chi connectivity index (χ4n) is 3.86. The van der Waals surface area contributed by atoms with Gasteiger partial charge >= 0.3 is 0 Å². The summed E-state index contributed by atoms with van der Waals surface area (Å²) in [6.45, 7) is 3.51. The van der Waals surface area contributed by atoms with Crippen LogP contribution in [0.25, 0.3) is 0 Å². The summed E-state index contributed by atoms with van der Waals surface area (Å²) in [6, 6.07) is 0. The Labute approximate surface area is 134 Å². The van der Waals surface area contributed by atoms with Crippen molar-refractivity contribution in [1.82, 2.24) is 14.1 Å². The Bertz CT molecular complexity index is 512. The molecule has 1 aliphatic heterocycles. The van der Waals surface area contributed by atoms with Crippen molar-refractivity contribution < 1.29 is 13.2 Å². The van der Waals surface area contributed by atoms with Gasteiger partial charge in [0.25, 0.3) is 0 Å². The molecule has 1 spiro atoms. The molecule has 128 valence electrons. The van der Waals surface area contributed by atoms with E-state index < -0.39 is 15.3 Å². The van der Waals surface area contributed by atoms with E-state index in [0.29, 0.717) is 6.54 Å². The number of piperazine rings is 1. The Balaban J connectivity index is 2.32. The van der Waals surface area contributed by atoms with Crippen LogP contribution in [0.15, 0.2) is 0 Å². The molecule has 0 aromatic heterocycles.